The van der Waals surface area contributed by atoms with Crippen molar-refractivity contribution in [3.63, 3.8) is 0 Å². The molecule has 24 heavy (non-hydrogen) atoms. The number of carbonyl (C=O) groups is 1. The van der Waals surface area contributed by atoms with Gasteiger partial charge in [0.15, 0.2) is 0 Å². The number of aromatic nitrogens is 2. The van der Waals surface area contributed by atoms with E-state index >= 15 is 0 Å². The van der Waals surface area contributed by atoms with Gasteiger partial charge in [0, 0.05) is 29.6 Å². The summed E-state index contributed by atoms with van der Waals surface area (Å²) in [5.74, 6) is 1.25. The molecule has 0 bridgehead atoms. The minimum atomic E-state index is 0.0721. The molecule has 1 amide bonds. The van der Waals surface area contributed by atoms with Gasteiger partial charge in [-0.2, -0.15) is 4.98 Å². The van der Waals surface area contributed by atoms with E-state index in [2.05, 4.69) is 20.6 Å². The van der Waals surface area contributed by atoms with E-state index in [1.54, 1.807) is 6.20 Å². The van der Waals surface area contributed by atoms with Crippen LogP contribution in [0.15, 0.2) is 24.4 Å². The number of ether oxygens (including phenoxy) is 1. The fraction of sp³-hybridized carbons (Fsp3) is 0.389. The van der Waals surface area contributed by atoms with Crippen LogP contribution >= 0.6 is 0 Å². The second-order valence-electron chi connectivity index (χ2n) is 6.40. The first kappa shape index (κ1) is 14.9. The Morgan fingerprint density at radius 3 is 2.96 bits per heavy atom. The Bertz CT molecular complexity index is 787. The molecular weight excluding hydrogens is 304 g/mol. The van der Waals surface area contributed by atoms with Gasteiger partial charge in [-0.05, 0) is 56.4 Å². The van der Waals surface area contributed by atoms with Gasteiger partial charge in [-0.25, -0.2) is 4.98 Å². The van der Waals surface area contributed by atoms with E-state index < -0.39 is 0 Å². The van der Waals surface area contributed by atoms with Gasteiger partial charge in [0.1, 0.15) is 6.10 Å². The molecule has 2 heterocycles. The Morgan fingerprint density at radius 1 is 1.29 bits per heavy atom. The lowest BCUT2D eigenvalue weighted by atomic mass is 9.96. The third kappa shape index (κ3) is 3.04. The van der Waals surface area contributed by atoms with Crippen molar-refractivity contribution in [2.75, 3.05) is 10.6 Å². The zero-order valence-corrected chi connectivity index (χ0v) is 13.6. The van der Waals surface area contributed by atoms with E-state index in [4.69, 9.17) is 4.74 Å². The number of nitrogens with zero attached hydrogens (tertiary/aromatic N) is 2. The summed E-state index contributed by atoms with van der Waals surface area (Å²) in [5, 5.41) is 6.11. The van der Waals surface area contributed by atoms with Gasteiger partial charge in [0.2, 0.25) is 17.7 Å². The van der Waals surface area contributed by atoms with E-state index in [0.29, 0.717) is 24.4 Å². The number of rotatable bonds is 4. The highest BCUT2D eigenvalue weighted by atomic mass is 16.5. The largest absolute Gasteiger partial charge is 0.474 e. The van der Waals surface area contributed by atoms with Crippen molar-refractivity contribution in [1.82, 2.24) is 9.97 Å². The molecule has 2 aromatic rings. The molecule has 0 spiro atoms. The van der Waals surface area contributed by atoms with Crippen LogP contribution in [0.3, 0.4) is 0 Å². The first-order valence-electron chi connectivity index (χ1n) is 8.37. The number of nitrogens with one attached hydrogen (secondary N) is 2. The molecule has 1 saturated carbocycles. The second-order valence-corrected chi connectivity index (χ2v) is 6.40. The van der Waals surface area contributed by atoms with Gasteiger partial charge in [0.05, 0.1) is 0 Å². The molecule has 124 valence electrons. The van der Waals surface area contributed by atoms with Gasteiger partial charge in [-0.1, -0.05) is 0 Å². The van der Waals surface area contributed by atoms with Crippen LogP contribution in [-0.4, -0.2) is 22.0 Å². The summed E-state index contributed by atoms with van der Waals surface area (Å²) < 4.78 is 5.92. The van der Waals surface area contributed by atoms with Gasteiger partial charge < -0.3 is 15.4 Å². The highest BCUT2D eigenvalue weighted by Gasteiger charge is 2.21. The second kappa shape index (κ2) is 6.11. The van der Waals surface area contributed by atoms with Gasteiger partial charge in [-0.15, -0.1) is 0 Å². The van der Waals surface area contributed by atoms with Crippen LogP contribution in [0, 0.1) is 6.92 Å². The normalized spacial score (nSPS) is 16.8. The molecule has 0 saturated heterocycles. The quantitative estimate of drug-likeness (QED) is 0.902. The van der Waals surface area contributed by atoms with E-state index in [0.717, 1.165) is 41.8 Å². The summed E-state index contributed by atoms with van der Waals surface area (Å²) in [4.78, 5) is 20.3. The molecule has 1 aromatic carbocycles. The van der Waals surface area contributed by atoms with Crippen LogP contribution in [0.5, 0.6) is 5.88 Å². The molecule has 1 aliphatic carbocycles. The minimum Gasteiger partial charge on any atom is -0.474 e. The first-order chi connectivity index (χ1) is 11.7. The minimum absolute atomic E-state index is 0.0721. The Labute approximate surface area is 140 Å². The summed E-state index contributed by atoms with van der Waals surface area (Å²) in [6, 6.07) is 5.86. The predicted octanol–water partition coefficient (Wildman–Crippen LogP) is 3.34. The third-order valence-corrected chi connectivity index (χ3v) is 4.51. The Morgan fingerprint density at radius 2 is 2.17 bits per heavy atom. The van der Waals surface area contributed by atoms with Crippen molar-refractivity contribution >= 4 is 23.2 Å². The third-order valence-electron chi connectivity index (χ3n) is 4.51. The standard InChI is InChI=1S/C18H20N4O2/c1-11-10-19-18(22-17(11)24-14-3-2-4-14)20-13-6-7-15-12(9-13)5-8-16(23)21-15/h6-7,9-10,14H,2-5,8H2,1H3,(H,21,23)(H,19,20,22). The monoisotopic (exact) mass is 324 g/mol. The zero-order chi connectivity index (χ0) is 16.5. The molecule has 1 fully saturated rings. The fourth-order valence-electron chi connectivity index (χ4n) is 2.84. The summed E-state index contributed by atoms with van der Waals surface area (Å²) in [6.45, 7) is 1.96. The molecule has 2 N–H and O–H groups in total. The van der Waals surface area contributed by atoms with Gasteiger partial charge >= 0.3 is 0 Å². The number of fused-ring (bicyclic) bond motifs is 1. The van der Waals surface area contributed by atoms with E-state index in [1.807, 2.05) is 25.1 Å². The lowest BCUT2D eigenvalue weighted by molar-refractivity contribution is -0.116. The SMILES string of the molecule is Cc1cnc(Nc2ccc3c(c2)CCC(=O)N3)nc1OC1CCC1. The summed E-state index contributed by atoms with van der Waals surface area (Å²) in [5.41, 5.74) is 3.86. The number of hydrogen-bond donors (Lipinski definition) is 2. The van der Waals surface area contributed by atoms with Crippen molar-refractivity contribution in [2.24, 2.45) is 0 Å². The van der Waals surface area contributed by atoms with Crippen molar-refractivity contribution < 1.29 is 9.53 Å². The zero-order valence-electron chi connectivity index (χ0n) is 13.6. The lowest BCUT2D eigenvalue weighted by Crippen LogP contribution is -2.25. The van der Waals surface area contributed by atoms with Crippen molar-refractivity contribution in [3.8, 4) is 5.88 Å². The van der Waals surface area contributed by atoms with Crippen LogP contribution < -0.4 is 15.4 Å². The Balaban J connectivity index is 1.52. The number of benzene rings is 1. The van der Waals surface area contributed by atoms with Crippen molar-refractivity contribution in [1.29, 1.82) is 0 Å². The van der Waals surface area contributed by atoms with Crippen LogP contribution in [0.1, 0.15) is 36.8 Å². The molecule has 0 radical (unpaired) electrons. The maximum absolute atomic E-state index is 11.4. The van der Waals surface area contributed by atoms with E-state index in [1.165, 1.54) is 6.42 Å². The molecule has 1 aliphatic heterocycles. The Kier molecular flexibility index (Phi) is 3.80. The van der Waals surface area contributed by atoms with Crippen LogP contribution in [0.2, 0.25) is 0 Å². The van der Waals surface area contributed by atoms with Gasteiger partial charge in [-0.3, -0.25) is 4.79 Å². The number of anilines is 3. The molecule has 4 rings (SSSR count). The van der Waals surface area contributed by atoms with Crippen LogP contribution in [0.4, 0.5) is 17.3 Å². The average molecular weight is 324 g/mol. The number of amides is 1. The molecule has 2 aliphatic rings. The summed E-state index contributed by atoms with van der Waals surface area (Å²) in [6.07, 6.45) is 6.77. The Hall–Kier alpha value is -2.63. The van der Waals surface area contributed by atoms with Gasteiger partial charge in [0.25, 0.3) is 0 Å². The van der Waals surface area contributed by atoms with E-state index in [9.17, 15) is 4.79 Å². The number of carbonyl (C=O) groups excluding carboxylic acids is 1. The van der Waals surface area contributed by atoms with Crippen molar-refractivity contribution in [2.45, 2.75) is 45.1 Å². The highest BCUT2D eigenvalue weighted by Crippen LogP contribution is 2.29. The maximum atomic E-state index is 11.4. The summed E-state index contributed by atoms with van der Waals surface area (Å²) in [7, 11) is 0. The molecular formula is C18H20N4O2. The van der Waals surface area contributed by atoms with E-state index in [-0.39, 0.29) is 5.91 Å². The maximum Gasteiger partial charge on any atom is 0.230 e. The average Bonchev–Trinajstić information content (AvgIpc) is 2.54. The number of aryl methyl sites for hydroxylation is 2. The summed E-state index contributed by atoms with van der Waals surface area (Å²) >= 11 is 0. The topological polar surface area (TPSA) is 76.1 Å². The highest BCUT2D eigenvalue weighted by molar-refractivity contribution is 5.94. The number of hydrogen-bond acceptors (Lipinski definition) is 5. The molecule has 0 unspecified atom stereocenters. The lowest BCUT2D eigenvalue weighted by Gasteiger charge is -2.26. The first-order valence-corrected chi connectivity index (χ1v) is 8.37. The molecule has 0 atom stereocenters. The van der Waals surface area contributed by atoms with Crippen LogP contribution in [-0.2, 0) is 11.2 Å². The fourth-order valence-corrected chi connectivity index (χ4v) is 2.84. The van der Waals surface area contributed by atoms with Crippen LogP contribution in [0.25, 0.3) is 0 Å². The molecule has 6 heteroatoms. The molecule has 6 nitrogen and oxygen atoms in total. The van der Waals surface area contributed by atoms with Crippen molar-refractivity contribution in [3.05, 3.63) is 35.5 Å². The smallest absolute Gasteiger partial charge is 0.230 e. The molecule has 1 aromatic heterocycles. The predicted molar refractivity (Wildman–Crippen MR) is 91.7 cm³/mol.